The van der Waals surface area contributed by atoms with Gasteiger partial charge in [-0.3, -0.25) is 0 Å². The predicted octanol–water partition coefficient (Wildman–Crippen LogP) is 2.86. The largest absolute Gasteiger partial charge is 0.385 e. The van der Waals surface area contributed by atoms with Gasteiger partial charge in [0, 0.05) is 20.3 Å². The second kappa shape index (κ2) is 8.53. The lowest BCUT2D eigenvalue weighted by molar-refractivity contribution is 0.193. The molecule has 20 heavy (non-hydrogen) atoms. The zero-order valence-electron chi connectivity index (χ0n) is 12.3. The lowest BCUT2D eigenvalue weighted by Gasteiger charge is -2.23. The highest BCUT2D eigenvalue weighted by Gasteiger charge is 2.18. The van der Waals surface area contributed by atoms with E-state index in [1.807, 2.05) is 13.8 Å². The summed E-state index contributed by atoms with van der Waals surface area (Å²) in [5.41, 5.74) is 0.897. The van der Waals surface area contributed by atoms with Crippen molar-refractivity contribution in [3.8, 4) is 0 Å². The highest BCUT2D eigenvalue weighted by Crippen LogP contribution is 2.21. The molecule has 0 bridgehead atoms. The molecule has 0 spiro atoms. The number of hydrogen-bond donors (Lipinski definition) is 2. The van der Waals surface area contributed by atoms with E-state index in [-0.39, 0.29) is 23.8 Å². The maximum Gasteiger partial charge on any atom is 0.315 e. The molecule has 112 valence electrons. The van der Waals surface area contributed by atoms with E-state index in [4.69, 9.17) is 4.74 Å². The first-order valence-electron chi connectivity index (χ1n) is 6.83. The van der Waals surface area contributed by atoms with Gasteiger partial charge < -0.3 is 15.4 Å². The number of nitrogens with one attached hydrogen (secondary N) is 2. The van der Waals surface area contributed by atoms with Crippen LogP contribution in [0.1, 0.15) is 31.9 Å². The van der Waals surface area contributed by atoms with Gasteiger partial charge >= 0.3 is 6.03 Å². The first-order chi connectivity index (χ1) is 9.54. The molecule has 0 radical (unpaired) electrons. The number of carbonyl (C=O) groups excluding carboxylic acids is 1. The van der Waals surface area contributed by atoms with Gasteiger partial charge in [-0.1, -0.05) is 26.0 Å². The molecule has 0 saturated heterocycles. The third-order valence-corrected chi connectivity index (χ3v) is 2.99. The van der Waals surface area contributed by atoms with Crippen LogP contribution < -0.4 is 10.6 Å². The smallest absolute Gasteiger partial charge is 0.315 e. The lowest BCUT2D eigenvalue weighted by Crippen LogP contribution is -2.40. The Balaban J connectivity index is 2.55. The Morgan fingerprint density at radius 3 is 2.50 bits per heavy atom. The molecule has 0 aliphatic rings. The van der Waals surface area contributed by atoms with Crippen LogP contribution in [-0.2, 0) is 4.74 Å². The fourth-order valence-corrected chi connectivity index (χ4v) is 1.92. The third kappa shape index (κ3) is 5.57. The van der Waals surface area contributed by atoms with Crippen LogP contribution in [-0.4, -0.2) is 26.3 Å². The molecule has 0 aliphatic carbocycles. The normalized spacial score (nSPS) is 12.2. The Kier molecular flexibility index (Phi) is 7.01. The first-order valence-corrected chi connectivity index (χ1v) is 6.83. The van der Waals surface area contributed by atoms with Crippen LogP contribution in [0.4, 0.5) is 9.18 Å². The van der Waals surface area contributed by atoms with Crippen molar-refractivity contribution in [2.24, 2.45) is 5.92 Å². The number of carbonyl (C=O) groups is 1. The second-order valence-corrected chi connectivity index (χ2v) is 5.02. The van der Waals surface area contributed by atoms with Crippen LogP contribution in [0.25, 0.3) is 0 Å². The summed E-state index contributed by atoms with van der Waals surface area (Å²) < 4.78 is 17.9. The summed E-state index contributed by atoms with van der Waals surface area (Å²) in [7, 11) is 1.63. The molecule has 1 atom stereocenters. The number of benzene rings is 1. The van der Waals surface area contributed by atoms with E-state index in [0.717, 1.165) is 12.0 Å². The van der Waals surface area contributed by atoms with E-state index in [1.165, 1.54) is 12.1 Å². The van der Waals surface area contributed by atoms with Gasteiger partial charge in [0.25, 0.3) is 0 Å². The van der Waals surface area contributed by atoms with E-state index >= 15 is 0 Å². The predicted molar refractivity (Wildman–Crippen MR) is 77.0 cm³/mol. The fourth-order valence-electron chi connectivity index (χ4n) is 1.92. The van der Waals surface area contributed by atoms with Crippen LogP contribution in [0, 0.1) is 11.7 Å². The van der Waals surface area contributed by atoms with Gasteiger partial charge in [-0.2, -0.15) is 0 Å². The molecule has 5 heteroatoms. The first kappa shape index (κ1) is 16.4. The van der Waals surface area contributed by atoms with Gasteiger partial charge in [-0.15, -0.1) is 0 Å². The zero-order chi connectivity index (χ0) is 15.0. The van der Waals surface area contributed by atoms with Crippen molar-refractivity contribution in [1.29, 1.82) is 0 Å². The molecule has 4 nitrogen and oxygen atoms in total. The third-order valence-electron chi connectivity index (χ3n) is 2.99. The van der Waals surface area contributed by atoms with Crippen LogP contribution >= 0.6 is 0 Å². The van der Waals surface area contributed by atoms with Gasteiger partial charge in [-0.05, 0) is 30.0 Å². The summed E-state index contributed by atoms with van der Waals surface area (Å²) in [5.74, 6) is -0.0644. The Labute approximate surface area is 119 Å². The monoisotopic (exact) mass is 282 g/mol. The number of ether oxygens (including phenoxy) is 1. The van der Waals surface area contributed by atoms with Gasteiger partial charge in [0.05, 0.1) is 6.04 Å². The summed E-state index contributed by atoms with van der Waals surface area (Å²) in [6.07, 6.45) is 0.771. The minimum absolute atomic E-state index is 0.141. The number of methoxy groups -OCH3 is 1. The van der Waals surface area contributed by atoms with Gasteiger partial charge in [-0.25, -0.2) is 9.18 Å². The standard InChI is InChI=1S/C15H23FN2O2/c1-11(2)14(12-5-7-13(16)8-6-12)18-15(19)17-9-4-10-20-3/h5-8,11,14H,4,9-10H2,1-3H3,(H2,17,18,19). The maximum absolute atomic E-state index is 12.9. The molecule has 1 rings (SSSR count). The summed E-state index contributed by atoms with van der Waals surface area (Å²) in [5, 5.41) is 5.70. The molecular weight excluding hydrogens is 259 g/mol. The minimum Gasteiger partial charge on any atom is -0.385 e. The molecule has 1 unspecified atom stereocenters. The van der Waals surface area contributed by atoms with Crippen LogP contribution in [0.15, 0.2) is 24.3 Å². The molecule has 0 aromatic heterocycles. The van der Waals surface area contributed by atoms with E-state index in [9.17, 15) is 9.18 Å². The van der Waals surface area contributed by atoms with Crippen molar-refractivity contribution in [3.63, 3.8) is 0 Å². The Bertz CT molecular complexity index is 407. The van der Waals surface area contributed by atoms with Crippen LogP contribution in [0.5, 0.6) is 0 Å². The van der Waals surface area contributed by atoms with E-state index in [0.29, 0.717) is 13.2 Å². The van der Waals surface area contributed by atoms with Crippen LogP contribution in [0.3, 0.4) is 0 Å². The van der Waals surface area contributed by atoms with Crippen molar-refractivity contribution < 1.29 is 13.9 Å². The molecule has 1 aromatic rings. The van der Waals surface area contributed by atoms with Crippen molar-refractivity contribution in [2.75, 3.05) is 20.3 Å². The average Bonchev–Trinajstić information content (AvgIpc) is 2.42. The van der Waals surface area contributed by atoms with E-state index in [2.05, 4.69) is 10.6 Å². The summed E-state index contributed by atoms with van der Waals surface area (Å²) >= 11 is 0. The van der Waals surface area contributed by atoms with Gasteiger partial charge in [0.2, 0.25) is 0 Å². The minimum atomic E-state index is -0.278. The Morgan fingerprint density at radius 2 is 1.95 bits per heavy atom. The quantitative estimate of drug-likeness (QED) is 0.756. The number of halogens is 1. The number of urea groups is 1. The number of hydrogen-bond acceptors (Lipinski definition) is 2. The Morgan fingerprint density at radius 1 is 1.30 bits per heavy atom. The molecule has 1 aromatic carbocycles. The van der Waals surface area contributed by atoms with Crippen molar-refractivity contribution in [3.05, 3.63) is 35.6 Å². The molecular formula is C15H23FN2O2. The maximum atomic E-state index is 12.9. The topological polar surface area (TPSA) is 50.4 Å². The van der Waals surface area contributed by atoms with E-state index < -0.39 is 0 Å². The molecule has 0 heterocycles. The fraction of sp³-hybridized carbons (Fsp3) is 0.533. The molecule has 0 saturated carbocycles. The summed E-state index contributed by atoms with van der Waals surface area (Å²) in [6, 6.07) is 5.85. The van der Waals surface area contributed by atoms with Crippen molar-refractivity contribution in [2.45, 2.75) is 26.3 Å². The zero-order valence-corrected chi connectivity index (χ0v) is 12.3. The van der Waals surface area contributed by atoms with Crippen molar-refractivity contribution in [1.82, 2.24) is 10.6 Å². The molecule has 0 aliphatic heterocycles. The Hall–Kier alpha value is -1.62. The highest BCUT2D eigenvalue weighted by atomic mass is 19.1. The average molecular weight is 282 g/mol. The highest BCUT2D eigenvalue weighted by molar-refractivity contribution is 5.74. The van der Waals surface area contributed by atoms with Gasteiger partial charge in [0.1, 0.15) is 5.82 Å². The van der Waals surface area contributed by atoms with Crippen molar-refractivity contribution >= 4 is 6.03 Å². The van der Waals surface area contributed by atoms with Crippen LogP contribution in [0.2, 0.25) is 0 Å². The molecule has 2 N–H and O–H groups in total. The number of amides is 2. The molecule has 0 fully saturated rings. The lowest BCUT2D eigenvalue weighted by atomic mass is 9.96. The number of rotatable bonds is 7. The SMILES string of the molecule is COCCCNC(=O)NC(c1ccc(F)cc1)C(C)C. The second-order valence-electron chi connectivity index (χ2n) is 5.02. The summed E-state index contributed by atoms with van der Waals surface area (Å²) in [6.45, 7) is 5.21. The molecule has 2 amide bonds. The van der Waals surface area contributed by atoms with Gasteiger partial charge in [0.15, 0.2) is 0 Å². The summed E-state index contributed by atoms with van der Waals surface area (Å²) in [4.78, 5) is 11.8. The van der Waals surface area contributed by atoms with E-state index in [1.54, 1.807) is 19.2 Å².